The van der Waals surface area contributed by atoms with Gasteiger partial charge in [0.15, 0.2) is 0 Å². The zero-order chi connectivity index (χ0) is 12.9. The second kappa shape index (κ2) is 5.97. The first-order chi connectivity index (χ1) is 8.05. The van der Waals surface area contributed by atoms with Crippen LogP contribution in [0.4, 0.5) is 0 Å². The van der Waals surface area contributed by atoms with Crippen molar-refractivity contribution in [1.82, 2.24) is 10.6 Å². The monoisotopic (exact) mass is 244 g/mol. The van der Waals surface area contributed by atoms with Crippen LogP contribution in [0.15, 0.2) is 0 Å². The van der Waals surface area contributed by atoms with Crippen molar-refractivity contribution < 1.29 is 19.8 Å². The predicted molar refractivity (Wildman–Crippen MR) is 61.5 cm³/mol. The Hall–Kier alpha value is -1.14. The maximum Gasteiger partial charge on any atom is 0.328 e. The lowest BCUT2D eigenvalue weighted by Gasteiger charge is -2.36. The third-order valence-corrected chi connectivity index (χ3v) is 3.42. The number of carbonyl (C=O) groups excluding carboxylic acids is 1. The van der Waals surface area contributed by atoms with Gasteiger partial charge in [0.2, 0.25) is 5.91 Å². The maximum atomic E-state index is 12.1. The number of aliphatic hydroxyl groups excluding tert-OH is 1. The molecule has 0 spiro atoms. The van der Waals surface area contributed by atoms with E-state index in [2.05, 4.69) is 10.6 Å². The van der Waals surface area contributed by atoms with E-state index in [1.165, 1.54) is 0 Å². The van der Waals surface area contributed by atoms with Gasteiger partial charge in [0.25, 0.3) is 0 Å². The van der Waals surface area contributed by atoms with Gasteiger partial charge in [-0.25, -0.2) is 4.79 Å². The molecule has 1 aliphatic heterocycles. The third kappa shape index (κ3) is 3.17. The summed E-state index contributed by atoms with van der Waals surface area (Å²) < 4.78 is 0. The van der Waals surface area contributed by atoms with Crippen molar-refractivity contribution in [2.75, 3.05) is 19.7 Å². The molecule has 98 valence electrons. The van der Waals surface area contributed by atoms with Crippen molar-refractivity contribution >= 4 is 11.9 Å². The minimum absolute atomic E-state index is 0.284. The van der Waals surface area contributed by atoms with Crippen LogP contribution in [0.3, 0.4) is 0 Å². The van der Waals surface area contributed by atoms with Gasteiger partial charge in [0.05, 0.1) is 12.0 Å². The summed E-state index contributed by atoms with van der Waals surface area (Å²) in [5, 5.41) is 23.2. The molecule has 1 amide bonds. The predicted octanol–water partition coefficient (Wildman–Crippen LogP) is -0.672. The lowest BCUT2D eigenvalue weighted by molar-refractivity contribution is -0.145. The lowest BCUT2D eigenvalue weighted by atomic mass is 9.77. The molecule has 0 bridgehead atoms. The number of carboxylic acids is 1. The van der Waals surface area contributed by atoms with Crippen molar-refractivity contribution in [1.29, 1.82) is 0 Å². The van der Waals surface area contributed by atoms with E-state index in [4.69, 9.17) is 10.2 Å². The molecule has 0 aromatic rings. The normalized spacial score (nSPS) is 26.2. The Kier molecular flexibility index (Phi) is 4.89. The molecule has 0 saturated carbocycles. The number of aliphatic carboxylic acids is 1. The molecule has 17 heavy (non-hydrogen) atoms. The van der Waals surface area contributed by atoms with Crippen LogP contribution in [0.1, 0.15) is 26.2 Å². The highest BCUT2D eigenvalue weighted by Crippen LogP contribution is 2.30. The van der Waals surface area contributed by atoms with Crippen molar-refractivity contribution in [3.05, 3.63) is 0 Å². The Morgan fingerprint density at radius 3 is 2.65 bits per heavy atom. The SMILES string of the molecule is CCC1(C(=O)N[C@H](CO)C(=O)O)CCCNC1. The highest BCUT2D eigenvalue weighted by atomic mass is 16.4. The molecule has 0 radical (unpaired) electrons. The number of hydrogen-bond acceptors (Lipinski definition) is 4. The minimum Gasteiger partial charge on any atom is -0.480 e. The summed E-state index contributed by atoms with van der Waals surface area (Å²) in [6.07, 6.45) is 2.31. The first-order valence-corrected chi connectivity index (χ1v) is 5.91. The zero-order valence-electron chi connectivity index (χ0n) is 10.0. The number of carboxylic acid groups (broad SMARTS) is 1. The Labute approximate surface area is 100 Å². The van der Waals surface area contributed by atoms with E-state index in [9.17, 15) is 9.59 Å². The van der Waals surface area contributed by atoms with Gasteiger partial charge >= 0.3 is 5.97 Å². The molecule has 6 heteroatoms. The van der Waals surface area contributed by atoms with Gasteiger partial charge in [-0.15, -0.1) is 0 Å². The van der Waals surface area contributed by atoms with Crippen LogP contribution in [0, 0.1) is 5.41 Å². The fourth-order valence-corrected chi connectivity index (χ4v) is 2.12. The average Bonchev–Trinajstić information content (AvgIpc) is 2.35. The molecule has 0 aromatic carbocycles. The molecular weight excluding hydrogens is 224 g/mol. The van der Waals surface area contributed by atoms with E-state index < -0.39 is 24.0 Å². The summed E-state index contributed by atoms with van der Waals surface area (Å²) in [4.78, 5) is 22.9. The molecule has 1 fully saturated rings. The molecule has 4 N–H and O–H groups in total. The molecule has 2 atom stereocenters. The zero-order valence-corrected chi connectivity index (χ0v) is 10.0. The van der Waals surface area contributed by atoms with Gasteiger partial charge in [0, 0.05) is 6.54 Å². The fourth-order valence-electron chi connectivity index (χ4n) is 2.12. The highest BCUT2D eigenvalue weighted by Gasteiger charge is 2.39. The molecule has 0 aromatic heterocycles. The summed E-state index contributed by atoms with van der Waals surface area (Å²) in [5.41, 5.74) is -0.541. The van der Waals surface area contributed by atoms with Crippen molar-refractivity contribution in [3.8, 4) is 0 Å². The minimum atomic E-state index is -1.21. The third-order valence-electron chi connectivity index (χ3n) is 3.42. The molecule has 0 aliphatic carbocycles. The lowest BCUT2D eigenvalue weighted by Crippen LogP contribution is -2.54. The summed E-state index contributed by atoms with van der Waals surface area (Å²) in [7, 11) is 0. The van der Waals surface area contributed by atoms with Crippen molar-refractivity contribution in [2.24, 2.45) is 5.41 Å². The first-order valence-electron chi connectivity index (χ1n) is 5.91. The first kappa shape index (κ1) is 13.9. The Morgan fingerprint density at radius 1 is 1.53 bits per heavy atom. The fraction of sp³-hybridized carbons (Fsp3) is 0.818. The molecule has 1 aliphatic rings. The number of nitrogens with one attached hydrogen (secondary N) is 2. The van der Waals surface area contributed by atoms with Crippen molar-refractivity contribution in [2.45, 2.75) is 32.2 Å². The summed E-state index contributed by atoms with van der Waals surface area (Å²) in [6.45, 7) is 2.78. The topological polar surface area (TPSA) is 98.7 Å². The van der Waals surface area contributed by atoms with Gasteiger partial charge in [0.1, 0.15) is 6.04 Å². The molecule has 1 unspecified atom stereocenters. The molecular formula is C11H20N2O4. The maximum absolute atomic E-state index is 12.1. The smallest absolute Gasteiger partial charge is 0.328 e. The van der Waals surface area contributed by atoms with Crippen LogP contribution in [-0.2, 0) is 9.59 Å². The molecule has 1 rings (SSSR count). The average molecular weight is 244 g/mol. The van der Waals surface area contributed by atoms with Crippen LogP contribution < -0.4 is 10.6 Å². The number of piperidine rings is 1. The summed E-state index contributed by atoms with van der Waals surface area (Å²) >= 11 is 0. The molecule has 1 heterocycles. The summed E-state index contributed by atoms with van der Waals surface area (Å²) in [6, 6.07) is -1.21. The standard InChI is InChI=1S/C11H20N2O4/c1-2-11(4-3-5-12-7-11)10(17)13-8(6-14)9(15)16/h8,12,14H,2-7H2,1H3,(H,13,17)(H,15,16)/t8-,11?/m1/s1. The Balaban J connectivity index is 2.68. The van der Waals surface area contributed by atoms with Crippen LogP contribution in [0.25, 0.3) is 0 Å². The summed E-state index contributed by atoms with van der Waals surface area (Å²) in [5.74, 6) is -1.50. The van der Waals surface area contributed by atoms with Gasteiger partial charge in [-0.05, 0) is 25.8 Å². The van der Waals surface area contributed by atoms with E-state index >= 15 is 0 Å². The van der Waals surface area contributed by atoms with Gasteiger partial charge in [-0.2, -0.15) is 0 Å². The van der Waals surface area contributed by atoms with Gasteiger partial charge in [-0.3, -0.25) is 4.79 Å². The van der Waals surface area contributed by atoms with Crippen LogP contribution in [0.2, 0.25) is 0 Å². The Morgan fingerprint density at radius 2 is 2.24 bits per heavy atom. The Bertz CT molecular complexity index is 287. The number of aliphatic hydroxyl groups is 1. The molecule has 6 nitrogen and oxygen atoms in total. The van der Waals surface area contributed by atoms with Crippen LogP contribution in [0.5, 0.6) is 0 Å². The van der Waals surface area contributed by atoms with E-state index in [0.29, 0.717) is 13.0 Å². The number of hydrogen-bond donors (Lipinski definition) is 4. The second-order valence-electron chi connectivity index (χ2n) is 4.46. The van der Waals surface area contributed by atoms with E-state index in [-0.39, 0.29) is 5.91 Å². The van der Waals surface area contributed by atoms with Gasteiger partial charge in [-0.1, -0.05) is 6.92 Å². The quantitative estimate of drug-likeness (QED) is 0.514. The molecule has 1 saturated heterocycles. The number of amides is 1. The second-order valence-corrected chi connectivity index (χ2v) is 4.46. The van der Waals surface area contributed by atoms with Crippen LogP contribution >= 0.6 is 0 Å². The van der Waals surface area contributed by atoms with E-state index in [0.717, 1.165) is 19.4 Å². The van der Waals surface area contributed by atoms with Crippen LogP contribution in [-0.4, -0.2) is 47.8 Å². The van der Waals surface area contributed by atoms with Gasteiger partial charge < -0.3 is 20.8 Å². The van der Waals surface area contributed by atoms with E-state index in [1.54, 1.807) is 0 Å². The van der Waals surface area contributed by atoms with Crippen molar-refractivity contribution in [3.63, 3.8) is 0 Å². The number of carbonyl (C=O) groups is 2. The largest absolute Gasteiger partial charge is 0.480 e. The highest BCUT2D eigenvalue weighted by molar-refractivity contribution is 5.87. The number of rotatable bonds is 5. The van der Waals surface area contributed by atoms with E-state index in [1.807, 2.05) is 6.92 Å².